The third kappa shape index (κ3) is 7.68. The van der Waals surface area contributed by atoms with Gasteiger partial charge in [0.1, 0.15) is 17.3 Å². The molecular weight excluding hydrogens is 753 g/mol. The van der Waals surface area contributed by atoms with Crippen LogP contribution in [0.15, 0.2) is 113 Å². The molecule has 2 atom stereocenters. The van der Waals surface area contributed by atoms with Gasteiger partial charge in [-0.15, -0.1) is 20.5 Å². The van der Waals surface area contributed by atoms with Crippen molar-refractivity contribution in [2.75, 3.05) is 26.2 Å². The van der Waals surface area contributed by atoms with E-state index >= 15 is 0 Å². The number of thiazole rings is 1. The summed E-state index contributed by atoms with van der Waals surface area (Å²) in [5.41, 5.74) is 7.04. The molecule has 2 aliphatic rings. The highest BCUT2D eigenvalue weighted by atomic mass is 32.2. The highest BCUT2D eigenvalue weighted by Crippen LogP contribution is 2.38. The van der Waals surface area contributed by atoms with Crippen LogP contribution in [0.5, 0.6) is 0 Å². The molecule has 0 saturated carbocycles. The van der Waals surface area contributed by atoms with E-state index in [-0.39, 0.29) is 33.6 Å². The molecular formula is C42H39F2N7O3S2. The summed E-state index contributed by atoms with van der Waals surface area (Å²) in [6.45, 7) is 6.40. The zero-order valence-electron chi connectivity index (χ0n) is 30.8. The molecule has 2 aliphatic heterocycles. The van der Waals surface area contributed by atoms with Crippen molar-refractivity contribution in [1.82, 2.24) is 34.2 Å². The summed E-state index contributed by atoms with van der Waals surface area (Å²) in [6, 6.07) is 26.6. The van der Waals surface area contributed by atoms with Crippen molar-refractivity contribution >= 4 is 32.8 Å². The molecule has 0 spiro atoms. The first-order valence-corrected chi connectivity index (χ1v) is 20.7. The van der Waals surface area contributed by atoms with E-state index < -0.39 is 10.0 Å². The Balaban J connectivity index is 1.03. The van der Waals surface area contributed by atoms with Crippen LogP contribution in [0.2, 0.25) is 0 Å². The lowest BCUT2D eigenvalue weighted by Crippen LogP contribution is -2.42. The summed E-state index contributed by atoms with van der Waals surface area (Å²) in [5.74, 6) is -1.02. The lowest BCUT2D eigenvalue weighted by atomic mass is 9.86. The van der Waals surface area contributed by atoms with E-state index in [1.165, 1.54) is 30.5 Å². The van der Waals surface area contributed by atoms with E-state index in [9.17, 15) is 22.0 Å². The topological polar surface area (TPSA) is 114 Å². The van der Waals surface area contributed by atoms with Gasteiger partial charge in [-0.1, -0.05) is 71.5 Å². The Kier molecular flexibility index (Phi) is 10.4. The van der Waals surface area contributed by atoms with Crippen molar-refractivity contribution in [2.24, 2.45) is 5.92 Å². The van der Waals surface area contributed by atoms with E-state index in [0.29, 0.717) is 67.7 Å². The van der Waals surface area contributed by atoms with E-state index in [2.05, 4.69) is 37.3 Å². The summed E-state index contributed by atoms with van der Waals surface area (Å²) in [6.07, 6.45) is 4.38. The molecule has 10 nitrogen and oxygen atoms in total. The molecule has 0 bridgehead atoms. The predicted octanol–water partition coefficient (Wildman–Crippen LogP) is 7.27. The summed E-state index contributed by atoms with van der Waals surface area (Å²) in [7, 11) is -3.96. The van der Waals surface area contributed by atoms with Crippen LogP contribution in [-0.4, -0.2) is 74.7 Å². The molecule has 3 aromatic carbocycles. The first-order valence-electron chi connectivity index (χ1n) is 18.4. The predicted molar refractivity (Wildman–Crippen MR) is 210 cm³/mol. The molecule has 3 aromatic heterocycles. The number of piperidine rings is 1. The van der Waals surface area contributed by atoms with Crippen molar-refractivity contribution in [3.63, 3.8) is 0 Å². The molecule has 0 N–H and O–H groups in total. The van der Waals surface area contributed by atoms with Crippen LogP contribution in [-0.2, 0) is 21.4 Å². The summed E-state index contributed by atoms with van der Waals surface area (Å²) >= 11 is 1.09. The maximum absolute atomic E-state index is 14.5. The van der Waals surface area contributed by atoms with Crippen LogP contribution in [0.3, 0.4) is 0 Å². The maximum atomic E-state index is 14.5. The van der Waals surface area contributed by atoms with Gasteiger partial charge in [0.15, 0.2) is 4.21 Å². The fourth-order valence-corrected chi connectivity index (χ4v) is 10.4. The van der Waals surface area contributed by atoms with Crippen molar-refractivity contribution in [1.29, 1.82) is 0 Å². The molecule has 5 heterocycles. The van der Waals surface area contributed by atoms with Crippen molar-refractivity contribution in [3.8, 4) is 11.4 Å². The fraction of sp³-hybridized carbons (Fsp3) is 0.262. The Hall–Kier alpha value is -5.44. The van der Waals surface area contributed by atoms with Gasteiger partial charge in [-0.25, -0.2) is 13.8 Å². The van der Waals surface area contributed by atoms with Crippen molar-refractivity contribution in [2.45, 2.75) is 43.4 Å². The second kappa shape index (κ2) is 15.6. The zero-order chi connectivity index (χ0) is 39.0. The molecule has 0 aliphatic carbocycles. The van der Waals surface area contributed by atoms with E-state index in [1.807, 2.05) is 29.2 Å². The number of hydrogen-bond acceptors (Lipinski definition) is 9. The molecule has 2 saturated heterocycles. The average Bonchev–Trinajstić information content (AvgIpc) is 3.96. The molecule has 2 fully saturated rings. The van der Waals surface area contributed by atoms with Gasteiger partial charge in [-0.3, -0.25) is 14.7 Å². The molecule has 8 rings (SSSR count). The third-order valence-electron chi connectivity index (χ3n) is 10.6. The van der Waals surface area contributed by atoms with Gasteiger partial charge < -0.3 is 4.90 Å². The number of rotatable bonds is 9. The van der Waals surface area contributed by atoms with Gasteiger partial charge >= 0.3 is 0 Å². The van der Waals surface area contributed by atoms with Gasteiger partial charge in [0.2, 0.25) is 5.91 Å². The summed E-state index contributed by atoms with van der Waals surface area (Å²) < 4.78 is 55.3. The summed E-state index contributed by atoms with van der Waals surface area (Å²) in [4.78, 5) is 27.7. The number of hydrogen-bond donors (Lipinski definition) is 0. The van der Waals surface area contributed by atoms with Crippen LogP contribution in [0.25, 0.3) is 17.0 Å². The molecule has 56 heavy (non-hydrogen) atoms. The SMILES string of the molecule is Cc1nc(C)c(S(=O)(=O)n2cc(-c3ccc(C4CN(Cc5ccccc5)CC4C(=O)N4CCC(=C(c5ccc(F)cc5)c5ccc(F)cc5)CC4)cn3)nn2)s1. The number of likely N-dealkylation sites (tertiary alicyclic amines) is 2. The zero-order valence-corrected chi connectivity index (χ0v) is 32.5. The minimum atomic E-state index is -3.96. The number of amides is 1. The van der Waals surface area contributed by atoms with Crippen LogP contribution in [0.1, 0.15) is 51.7 Å². The van der Waals surface area contributed by atoms with E-state index in [0.717, 1.165) is 48.8 Å². The number of halogens is 2. The first-order chi connectivity index (χ1) is 27.0. The van der Waals surface area contributed by atoms with E-state index in [4.69, 9.17) is 0 Å². The number of aromatic nitrogens is 5. The quantitative estimate of drug-likeness (QED) is 0.150. The highest BCUT2D eigenvalue weighted by molar-refractivity contribution is 7.92. The molecule has 14 heteroatoms. The van der Waals surface area contributed by atoms with Crippen molar-refractivity contribution in [3.05, 3.63) is 154 Å². The van der Waals surface area contributed by atoms with Gasteiger partial charge in [-0.05, 0) is 84.8 Å². The standard InChI is InChI=1S/C42H39F2N7O3S2/c1-27-42(55-28(2)46-27)56(53,54)51-26-39(47-48-51)38-17-12-33(22-45-38)36-24-49(23-29-6-4-3-5-7-29)25-37(36)41(52)50-20-18-32(19-21-50)40(30-8-13-34(43)14-9-30)31-10-15-35(44)16-11-31/h3-17,22,26,36-37H,18-21,23-25H2,1-2H3. The lowest BCUT2D eigenvalue weighted by Gasteiger charge is -2.33. The number of carbonyl (C=O) groups excluding carboxylic acids is 1. The van der Waals surface area contributed by atoms with Gasteiger partial charge in [0, 0.05) is 44.8 Å². The van der Waals surface area contributed by atoms with Crippen molar-refractivity contribution < 1.29 is 22.0 Å². The second-order valence-electron chi connectivity index (χ2n) is 14.3. The van der Waals surface area contributed by atoms with Crippen LogP contribution in [0, 0.1) is 31.4 Å². The molecule has 1 amide bonds. The Morgan fingerprint density at radius 1 is 0.839 bits per heavy atom. The number of carbonyl (C=O) groups is 1. The first kappa shape index (κ1) is 37.5. The smallest absolute Gasteiger partial charge is 0.295 e. The second-order valence-corrected chi connectivity index (χ2v) is 17.5. The summed E-state index contributed by atoms with van der Waals surface area (Å²) in [5, 5.41) is 8.67. The average molecular weight is 792 g/mol. The number of nitrogens with zero attached hydrogens (tertiary/aromatic N) is 7. The third-order valence-corrected chi connectivity index (χ3v) is 13.7. The van der Waals surface area contributed by atoms with Gasteiger partial charge in [-0.2, -0.15) is 8.42 Å². The number of pyridine rings is 1. The highest BCUT2D eigenvalue weighted by Gasteiger charge is 2.41. The Bertz CT molecular complexity index is 2450. The molecule has 0 radical (unpaired) electrons. The minimum Gasteiger partial charge on any atom is -0.342 e. The largest absolute Gasteiger partial charge is 0.342 e. The normalized spacial score (nSPS) is 17.7. The number of benzene rings is 3. The Morgan fingerprint density at radius 3 is 2.09 bits per heavy atom. The molecule has 2 unspecified atom stereocenters. The minimum absolute atomic E-state index is 0.0838. The van der Waals surface area contributed by atoms with Crippen LogP contribution in [0.4, 0.5) is 8.78 Å². The molecule has 6 aromatic rings. The Morgan fingerprint density at radius 2 is 1.50 bits per heavy atom. The van der Waals surface area contributed by atoms with Gasteiger partial charge in [0.05, 0.1) is 28.5 Å². The van der Waals surface area contributed by atoms with Crippen LogP contribution < -0.4 is 0 Å². The number of aryl methyl sites for hydroxylation is 2. The van der Waals surface area contributed by atoms with Crippen LogP contribution >= 0.6 is 11.3 Å². The maximum Gasteiger partial charge on any atom is 0.295 e. The Labute approximate surface area is 328 Å². The van der Waals surface area contributed by atoms with E-state index in [1.54, 1.807) is 50.4 Å². The monoisotopic (exact) mass is 791 g/mol. The lowest BCUT2D eigenvalue weighted by molar-refractivity contribution is -0.136. The fourth-order valence-electron chi connectivity index (χ4n) is 7.83. The van der Waals surface area contributed by atoms with Gasteiger partial charge in [0.25, 0.3) is 10.0 Å². The molecule has 286 valence electrons.